The molecule has 0 aromatic heterocycles. The summed E-state index contributed by atoms with van der Waals surface area (Å²) >= 11 is 0. The molecule has 0 radical (unpaired) electrons. The highest BCUT2D eigenvalue weighted by Crippen LogP contribution is 2.36. The fourth-order valence-corrected chi connectivity index (χ4v) is 3.60. The zero-order valence-electron chi connectivity index (χ0n) is 10.6. The number of hydrogen-bond acceptors (Lipinski definition) is 4. The Bertz CT molecular complexity index is 797. The molecule has 2 aromatic carbocycles. The lowest BCUT2D eigenvalue weighted by molar-refractivity contribution is 0.0985. The van der Waals surface area contributed by atoms with Gasteiger partial charge in [-0.3, -0.25) is 4.79 Å². The van der Waals surface area contributed by atoms with Crippen LogP contribution in [-0.2, 0) is 10.0 Å². The molecule has 0 spiro atoms. The van der Waals surface area contributed by atoms with Gasteiger partial charge < -0.3 is 4.74 Å². The Morgan fingerprint density at radius 1 is 1.05 bits per heavy atom. The van der Waals surface area contributed by atoms with E-state index in [0.29, 0.717) is 16.9 Å². The summed E-state index contributed by atoms with van der Waals surface area (Å²) in [5.74, 6) is -0.189. The van der Waals surface area contributed by atoms with Gasteiger partial charge in [-0.25, -0.2) is 13.1 Å². The second-order valence-electron chi connectivity index (χ2n) is 4.35. The largest absolute Gasteiger partial charge is 0.497 e. The molecule has 6 heteroatoms. The van der Waals surface area contributed by atoms with E-state index in [9.17, 15) is 13.2 Å². The van der Waals surface area contributed by atoms with Crippen LogP contribution in [0.3, 0.4) is 0 Å². The molecule has 0 unspecified atom stereocenters. The predicted octanol–water partition coefficient (Wildman–Crippen LogP) is 1.79. The van der Waals surface area contributed by atoms with Crippen molar-refractivity contribution in [3.63, 3.8) is 0 Å². The fourth-order valence-electron chi connectivity index (χ4n) is 2.24. The molecule has 102 valence electrons. The fraction of sp³-hybridized carbons (Fsp3) is 0.0714. The first-order valence-electron chi connectivity index (χ1n) is 5.87. The molecule has 0 aliphatic carbocycles. The Morgan fingerprint density at radius 3 is 2.35 bits per heavy atom. The molecule has 3 rings (SSSR count). The lowest BCUT2D eigenvalue weighted by atomic mass is 10.0. The maximum atomic E-state index is 12.1. The van der Waals surface area contributed by atoms with E-state index in [1.807, 2.05) is 10.8 Å². The summed E-state index contributed by atoms with van der Waals surface area (Å²) in [5, 5.41) is 0. The van der Waals surface area contributed by atoms with Crippen molar-refractivity contribution in [1.82, 2.24) is 4.72 Å². The van der Waals surface area contributed by atoms with Crippen molar-refractivity contribution in [2.24, 2.45) is 0 Å². The summed E-state index contributed by atoms with van der Waals surface area (Å²) in [4.78, 5) is 11.8. The lowest BCUT2D eigenvalue weighted by Crippen LogP contribution is -2.20. The van der Waals surface area contributed by atoms with E-state index < -0.39 is 15.9 Å². The van der Waals surface area contributed by atoms with Crippen LogP contribution in [0.5, 0.6) is 5.75 Å². The van der Waals surface area contributed by atoms with Crippen molar-refractivity contribution in [1.29, 1.82) is 0 Å². The first-order valence-corrected chi connectivity index (χ1v) is 7.36. The minimum Gasteiger partial charge on any atom is -0.497 e. The molecule has 0 saturated heterocycles. The zero-order chi connectivity index (χ0) is 14.3. The van der Waals surface area contributed by atoms with Crippen LogP contribution in [-0.4, -0.2) is 21.4 Å². The Hall–Kier alpha value is -2.34. The number of methoxy groups -OCH3 is 1. The maximum absolute atomic E-state index is 12.1. The van der Waals surface area contributed by atoms with E-state index in [2.05, 4.69) is 0 Å². The number of carbonyl (C=O) groups is 1. The summed E-state index contributed by atoms with van der Waals surface area (Å²) in [5.41, 5.74) is 1.28. The minimum absolute atomic E-state index is 0.00880. The molecule has 1 aliphatic rings. The van der Waals surface area contributed by atoms with E-state index in [1.54, 1.807) is 30.3 Å². The zero-order valence-corrected chi connectivity index (χ0v) is 11.4. The highest BCUT2D eigenvalue weighted by atomic mass is 32.2. The molecule has 0 fully saturated rings. The van der Waals surface area contributed by atoms with Crippen LogP contribution >= 0.6 is 0 Å². The van der Waals surface area contributed by atoms with Gasteiger partial charge in [0.2, 0.25) is 0 Å². The molecular weight excluding hydrogens is 278 g/mol. The van der Waals surface area contributed by atoms with Crippen molar-refractivity contribution < 1.29 is 17.9 Å². The van der Waals surface area contributed by atoms with Crippen LogP contribution in [0.4, 0.5) is 0 Å². The molecule has 1 heterocycles. The number of carbonyl (C=O) groups excluding carboxylic acids is 1. The highest BCUT2D eigenvalue weighted by Gasteiger charge is 2.36. The summed E-state index contributed by atoms with van der Waals surface area (Å²) in [6, 6.07) is 12.1. The van der Waals surface area contributed by atoms with Crippen LogP contribution < -0.4 is 9.46 Å². The van der Waals surface area contributed by atoms with Gasteiger partial charge in [0.25, 0.3) is 15.9 Å². The monoisotopic (exact) mass is 289 g/mol. The summed E-state index contributed by atoms with van der Waals surface area (Å²) in [6.45, 7) is 0. The van der Waals surface area contributed by atoms with Crippen molar-refractivity contribution in [3.05, 3.63) is 48.0 Å². The van der Waals surface area contributed by atoms with Gasteiger partial charge in [-0.2, -0.15) is 0 Å². The average molecular weight is 289 g/mol. The summed E-state index contributed by atoms with van der Waals surface area (Å²) in [7, 11) is -2.34. The smallest absolute Gasteiger partial charge is 0.266 e. The first kappa shape index (κ1) is 12.7. The summed E-state index contributed by atoms with van der Waals surface area (Å²) in [6.07, 6.45) is 0. The van der Waals surface area contributed by atoms with Crippen LogP contribution in [0.15, 0.2) is 47.4 Å². The number of nitrogens with one attached hydrogen (secondary N) is 1. The van der Waals surface area contributed by atoms with E-state index in [-0.39, 0.29) is 10.5 Å². The van der Waals surface area contributed by atoms with E-state index in [4.69, 9.17) is 4.74 Å². The van der Waals surface area contributed by atoms with Crippen molar-refractivity contribution >= 4 is 15.9 Å². The SMILES string of the molecule is COc1cc2c(c(-c3ccccc3)c1)S(=O)(=O)NC2=O. The molecular formula is C14H11NO4S. The van der Waals surface area contributed by atoms with Crippen LogP contribution in [0, 0.1) is 0 Å². The first-order chi connectivity index (χ1) is 9.53. The van der Waals surface area contributed by atoms with Gasteiger partial charge in [-0.05, 0) is 17.7 Å². The third-order valence-corrected chi connectivity index (χ3v) is 4.55. The van der Waals surface area contributed by atoms with Crippen LogP contribution in [0.2, 0.25) is 0 Å². The minimum atomic E-state index is -3.81. The molecule has 0 bridgehead atoms. The third kappa shape index (κ3) is 1.85. The second-order valence-corrected chi connectivity index (χ2v) is 5.97. The Kier molecular flexibility index (Phi) is 2.76. The Balaban J connectivity index is 2.38. The number of ether oxygens (including phenoxy) is 1. The standard InChI is InChI=1S/C14H11NO4S/c1-19-10-7-11(9-5-3-2-4-6-9)13-12(8-10)14(16)15-20(13,17)18/h2-8H,1H3,(H,15,16). The number of fused-ring (bicyclic) bond motifs is 1. The van der Waals surface area contributed by atoms with E-state index >= 15 is 0 Å². The molecule has 1 aliphatic heterocycles. The Morgan fingerprint density at radius 2 is 1.70 bits per heavy atom. The second kappa shape index (κ2) is 4.35. The van der Waals surface area contributed by atoms with Gasteiger partial charge in [0.1, 0.15) is 10.6 Å². The van der Waals surface area contributed by atoms with Crippen molar-refractivity contribution in [3.8, 4) is 16.9 Å². The van der Waals surface area contributed by atoms with Crippen LogP contribution in [0.1, 0.15) is 10.4 Å². The highest BCUT2D eigenvalue weighted by molar-refractivity contribution is 7.90. The number of amides is 1. The topological polar surface area (TPSA) is 72.5 Å². The molecule has 5 nitrogen and oxygen atoms in total. The quantitative estimate of drug-likeness (QED) is 0.915. The van der Waals surface area contributed by atoms with E-state index in [0.717, 1.165) is 0 Å². The molecule has 1 amide bonds. The number of hydrogen-bond donors (Lipinski definition) is 1. The molecule has 20 heavy (non-hydrogen) atoms. The molecule has 2 aromatic rings. The molecule has 0 atom stereocenters. The van der Waals surface area contributed by atoms with Crippen LogP contribution in [0.25, 0.3) is 11.1 Å². The number of rotatable bonds is 2. The van der Waals surface area contributed by atoms with Gasteiger partial charge in [0.05, 0.1) is 12.7 Å². The molecule has 1 N–H and O–H groups in total. The molecule has 0 saturated carbocycles. The van der Waals surface area contributed by atoms with E-state index in [1.165, 1.54) is 13.2 Å². The van der Waals surface area contributed by atoms with Gasteiger partial charge in [-0.1, -0.05) is 30.3 Å². The lowest BCUT2D eigenvalue weighted by Gasteiger charge is -2.09. The van der Waals surface area contributed by atoms with Gasteiger partial charge in [0.15, 0.2) is 0 Å². The Labute approximate surface area is 116 Å². The number of sulfonamides is 1. The number of benzene rings is 2. The van der Waals surface area contributed by atoms with Crippen molar-refractivity contribution in [2.45, 2.75) is 4.90 Å². The van der Waals surface area contributed by atoms with Gasteiger partial charge in [-0.15, -0.1) is 0 Å². The average Bonchev–Trinajstić information content (AvgIpc) is 2.69. The van der Waals surface area contributed by atoms with Crippen molar-refractivity contribution in [2.75, 3.05) is 7.11 Å². The summed E-state index contributed by atoms with van der Waals surface area (Å²) < 4.78 is 31.3. The maximum Gasteiger partial charge on any atom is 0.266 e. The normalized spacial score (nSPS) is 15.6. The predicted molar refractivity (Wildman–Crippen MR) is 73.1 cm³/mol. The van der Waals surface area contributed by atoms with Gasteiger partial charge in [0, 0.05) is 5.56 Å². The third-order valence-electron chi connectivity index (χ3n) is 3.12. The van der Waals surface area contributed by atoms with Gasteiger partial charge >= 0.3 is 0 Å².